The van der Waals surface area contributed by atoms with Gasteiger partial charge in [-0.15, -0.1) is 0 Å². The number of nitrogens with one attached hydrogen (secondary N) is 1. The van der Waals surface area contributed by atoms with Gasteiger partial charge in [-0.3, -0.25) is 4.79 Å². The maximum Gasteiger partial charge on any atom is 0.223 e. The molecule has 0 aromatic heterocycles. The fourth-order valence-electron chi connectivity index (χ4n) is 1.99. The second-order valence-corrected chi connectivity index (χ2v) is 5.15. The number of hydrogen-bond donors (Lipinski definition) is 2. The summed E-state index contributed by atoms with van der Waals surface area (Å²) in [7, 11) is 0. The molecule has 0 heterocycles. The van der Waals surface area contributed by atoms with E-state index in [0.29, 0.717) is 0 Å². The monoisotopic (exact) mass is 263 g/mol. The SMILES string of the molecule is Cc1cccc(OCC(O)CNC(=O)C2CCC2)c1. The molecular formula is C15H21NO3. The van der Waals surface area contributed by atoms with E-state index in [1.54, 1.807) is 0 Å². The summed E-state index contributed by atoms with van der Waals surface area (Å²) in [6.07, 6.45) is 2.41. The topological polar surface area (TPSA) is 58.6 Å². The van der Waals surface area contributed by atoms with Gasteiger partial charge in [0, 0.05) is 12.5 Å². The van der Waals surface area contributed by atoms with E-state index < -0.39 is 6.10 Å². The molecule has 1 saturated carbocycles. The highest BCUT2D eigenvalue weighted by atomic mass is 16.5. The Balaban J connectivity index is 1.66. The molecule has 0 bridgehead atoms. The maximum atomic E-state index is 11.6. The van der Waals surface area contributed by atoms with E-state index in [2.05, 4.69) is 5.32 Å². The number of benzene rings is 1. The lowest BCUT2D eigenvalue weighted by Gasteiger charge is -2.24. The van der Waals surface area contributed by atoms with Crippen molar-refractivity contribution in [3.05, 3.63) is 29.8 Å². The van der Waals surface area contributed by atoms with E-state index in [4.69, 9.17) is 4.74 Å². The van der Waals surface area contributed by atoms with Crippen LogP contribution >= 0.6 is 0 Å². The Kier molecular flexibility index (Phi) is 4.80. The second kappa shape index (κ2) is 6.57. The first-order chi connectivity index (χ1) is 9.15. The summed E-state index contributed by atoms with van der Waals surface area (Å²) in [6.45, 7) is 2.43. The van der Waals surface area contributed by atoms with Gasteiger partial charge >= 0.3 is 0 Å². The van der Waals surface area contributed by atoms with Crippen molar-refractivity contribution in [2.24, 2.45) is 5.92 Å². The van der Waals surface area contributed by atoms with Crippen molar-refractivity contribution in [2.45, 2.75) is 32.3 Å². The Morgan fingerprint density at radius 1 is 1.53 bits per heavy atom. The summed E-state index contributed by atoms with van der Waals surface area (Å²) >= 11 is 0. The Morgan fingerprint density at radius 2 is 2.32 bits per heavy atom. The number of amides is 1. The van der Waals surface area contributed by atoms with Gasteiger partial charge in [0.1, 0.15) is 18.5 Å². The standard InChI is InChI=1S/C15H21NO3/c1-11-4-2-7-14(8-11)19-10-13(17)9-16-15(18)12-5-3-6-12/h2,4,7-8,12-13,17H,3,5-6,9-10H2,1H3,(H,16,18). The lowest BCUT2D eigenvalue weighted by Crippen LogP contribution is -2.40. The molecule has 1 unspecified atom stereocenters. The Hall–Kier alpha value is -1.55. The Labute approximate surface area is 113 Å². The maximum absolute atomic E-state index is 11.6. The summed E-state index contributed by atoms with van der Waals surface area (Å²) in [4.78, 5) is 11.6. The quantitative estimate of drug-likeness (QED) is 0.820. The zero-order valence-corrected chi connectivity index (χ0v) is 11.3. The minimum atomic E-state index is -0.676. The molecule has 0 spiro atoms. The predicted octanol–water partition coefficient (Wildman–Crippen LogP) is 1.65. The fraction of sp³-hybridized carbons (Fsp3) is 0.533. The number of aliphatic hydroxyl groups is 1. The zero-order chi connectivity index (χ0) is 13.7. The highest BCUT2D eigenvalue weighted by molar-refractivity contribution is 5.79. The molecule has 1 aliphatic rings. The highest BCUT2D eigenvalue weighted by Gasteiger charge is 2.25. The van der Waals surface area contributed by atoms with Crippen molar-refractivity contribution >= 4 is 5.91 Å². The lowest BCUT2D eigenvalue weighted by molar-refractivity contribution is -0.127. The summed E-state index contributed by atoms with van der Waals surface area (Å²) in [5.41, 5.74) is 1.12. The van der Waals surface area contributed by atoms with Gasteiger partial charge in [0.25, 0.3) is 0 Å². The van der Waals surface area contributed by atoms with E-state index in [-0.39, 0.29) is 25.0 Å². The van der Waals surface area contributed by atoms with Crippen LogP contribution in [0.3, 0.4) is 0 Å². The molecule has 1 aliphatic carbocycles. The van der Waals surface area contributed by atoms with Crippen LogP contribution in [-0.4, -0.2) is 30.3 Å². The predicted molar refractivity (Wildman–Crippen MR) is 73.0 cm³/mol. The van der Waals surface area contributed by atoms with Crippen molar-refractivity contribution in [1.29, 1.82) is 0 Å². The largest absolute Gasteiger partial charge is 0.491 e. The fourth-order valence-corrected chi connectivity index (χ4v) is 1.99. The van der Waals surface area contributed by atoms with E-state index in [0.717, 1.165) is 30.6 Å². The van der Waals surface area contributed by atoms with Crippen LogP contribution in [-0.2, 0) is 4.79 Å². The number of hydrogen-bond acceptors (Lipinski definition) is 3. The first-order valence-corrected chi connectivity index (χ1v) is 6.80. The minimum Gasteiger partial charge on any atom is -0.491 e. The van der Waals surface area contributed by atoms with Gasteiger partial charge in [-0.05, 0) is 37.5 Å². The number of carbonyl (C=O) groups excluding carboxylic acids is 1. The third-order valence-electron chi connectivity index (χ3n) is 3.42. The van der Waals surface area contributed by atoms with Crippen LogP contribution in [0.1, 0.15) is 24.8 Å². The number of rotatable bonds is 6. The van der Waals surface area contributed by atoms with E-state index >= 15 is 0 Å². The normalized spacial score (nSPS) is 16.5. The summed E-state index contributed by atoms with van der Waals surface area (Å²) in [5.74, 6) is 0.954. The molecule has 1 fully saturated rings. The molecule has 0 radical (unpaired) electrons. The first-order valence-electron chi connectivity index (χ1n) is 6.80. The molecule has 4 heteroatoms. The van der Waals surface area contributed by atoms with Crippen LogP contribution in [0.4, 0.5) is 0 Å². The van der Waals surface area contributed by atoms with E-state index in [1.165, 1.54) is 0 Å². The molecule has 104 valence electrons. The second-order valence-electron chi connectivity index (χ2n) is 5.15. The Bertz CT molecular complexity index is 429. The van der Waals surface area contributed by atoms with Gasteiger partial charge < -0.3 is 15.2 Å². The molecular weight excluding hydrogens is 242 g/mol. The summed E-state index contributed by atoms with van der Waals surface area (Å²) in [6, 6.07) is 7.67. The van der Waals surface area contributed by atoms with Gasteiger partial charge in [-0.1, -0.05) is 18.6 Å². The number of ether oxygens (including phenoxy) is 1. The van der Waals surface area contributed by atoms with Crippen LogP contribution in [0.25, 0.3) is 0 Å². The smallest absolute Gasteiger partial charge is 0.223 e. The third-order valence-corrected chi connectivity index (χ3v) is 3.42. The summed E-state index contributed by atoms with van der Waals surface area (Å²) in [5, 5.41) is 12.5. The molecule has 19 heavy (non-hydrogen) atoms. The molecule has 0 aliphatic heterocycles. The van der Waals surface area contributed by atoms with Crippen molar-refractivity contribution < 1.29 is 14.6 Å². The van der Waals surface area contributed by atoms with Crippen LogP contribution < -0.4 is 10.1 Å². The average Bonchev–Trinajstić information content (AvgIpc) is 2.32. The Morgan fingerprint density at radius 3 is 2.95 bits per heavy atom. The van der Waals surface area contributed by atoms with Crippen LogP contribution in [0, 0.1) is 12.8 Å². The van der Waals surface area contributed by atoms with Gasteiger partial charge in [0.15, 0.2) is 0 Å². The van der Waals surface area contributed by atoms with Crippen LogP contribution in [0.15, 0.2) is 24.3 Å². The molecule has 2 N–H and O–H groups in total. The van der Waals surface area contributed by atoms with Gasteiger partial charge in [0.05, 0.1) is 0 Å². The van der Waals surface area contributed by atoms with E-state index in [9.17, 15) is 9.90 Å². The molecule has 2 rings (SSSR count). The molecule has 0 saturated heterocycles. The third kappa shape index (κ3) is 4.24. The number of carbonyl (C=O) groups is 1. The van der Waals surface area contributed by atoms with E-state index in [1.807, 2.05) is 31.2 Å². The van der Waals surface area contributed by atoms with Crippen LogP contribution in [0.5, 0.6) is 5.75 Å². The van der Waals surface area contributed by atoms with Gasteiger partial charge in [-0.2, -0.15) is 0 Å². The van der Waals surface area contributed by atoms with Crippen molar-refractivity contribution in [3.63, 3.8) is 0 Å². The minimum absolute atomic E-state index is 0.0563. The van der Waals surface area contributed by atoms with Crippen LogP contribution in [0.2, 0.25) is 0 Å². The molecule has 1 amide bonds. The number of aryl methyl sites for hydroxylation is 1. The molecule has 1 atom stereocenters. The molecule has 4 nitrogen and oxygen atoms in total. The lowest BCUT2D eigenvalue weighted by atomic mass is 9.85. The van der Waals surface area contributed by atoms with Crippen molar-refractivity contribution in [2.75, 3.05) is 13.2 Å². The van der Waals surface area contributed by atoms with Gasteiger partial charge in [-0.25, -0.2) is 0 Å². The van der Waals surface area contributed by atoms with Gasteiger partial charge in [0.2, 0.25) is 5.91 Å². The molecule has 1 aromatic carbocycles. The van der Waals surface area contributed by atoms with Crippen molar-refractivity contribution in [3.8, 4) is 5.75 Å². The summed E-state index contributed by atoms with van der Waals surface area (Å²) < 4.78 is 5.48. The zero-order valence-electron chi connectivity index (χ0n) is 11.3. The molecule has 1 aromatic rings. The van der Waals surface area contributed by atoms with Crippen molar-refractivity contribution in [1.82, 2.24) is 5.32 Å². The highest BCUT2D eigenvalue weighted by Crippen LogP contribution is 2.26. The average molecular weight is 263 g/mol. The number of aliphatic hydroxyl groups excluding tert-OH is 1. The first kappa shape index (κ1) is 13.9.